The van der Waals surface area contributed by atoms with Crippen LogP contribution in [0.3, 0.4) is 0 Å². The summed E-state index contributed by atoms with van der Waals surface area (Å²) in [6, 6.07) is 0. The van der Waals surface area contributed by atoms with Crippen LogP contribution in [0.15, 0.2) is 0 Å². The fourth-order valence-electron chi connectivity index (χ4n) is 4.07. The van der Waals surface area contributed by atoms with Gasteiger partial charge in [0.15, 0.2) is 0 Å². The van der Waals surface area contributed by atoms with Gasteiger partial charge < -0.3 is 0 Å². The Labute approximate surface area is 186 Å². The van der Waals surface area contributed by atoms with Crippen LogP contribution in [0.1, 0.15) is 142 Å². The van der Waals surface area contributed by atoms with Crippen LogP contribution in [0.4, 0.5) is 0 Å². The summed E-state index contributed by atoms with van der Waals surface area (Å²) in [5.41, 5.74) is 0. The molecule has 0 aliphatic rings. The molecule has 0 aromatic rings. The Hall–Kier alpha value is 0.882. The van der Waals surface area contributed by atoms with Gasteiger partial charge in [-0.25, -0.2) is 0 Å². The molecule has 0 heterocycles. The van der Waals surface area contributed by atoms with Crippen molar-refractivity contribution >= 4 is 0 Å². The van der Waals surface area contributed by atoms with Gasteiger partial charge in [-0.3, -0.25) is 0 Å². The molecule has 0 aliphatic carbocycles. The molecule has 27 heavy (non-hydrogen) atoms. The summed E-state index contributed by atoms with van der Waals surface area (Å²) in [4.78, 5) is 0. The molecule has 0 aliphatic heterocycles. The first kappa shape index (κ1) is 27.9. The minimum atomic E-state index is -0.563. The van der Waals surface area contributed by atoms with E-state index in [1.54, 1.807) is 0 Å². The summed E-state index contributed by atoms with van der Waals surface area (Å²) in [6.45, 7) is 7.47. The van der Waals surface area contributed by atoms with Gasteiger partial charge in [0.2, 0.25) is 0 Å². The molecule has 0 bridgehead atoms. The van der Waals surface area contributed by atoms with Crippen LogP contribution in [-0.4, -0.2) is 15.8 Å². The molecule has 0 saturated heterocycles. The van der Waals surface area contributed by atoms with Gasteiger partial charge in [-0.15, -0.1) is 0 Å². The fraction of sp³-hybridized carbons (Fsp3) is 1.00. The molecule has 0 fully saturated rings. The van der Waals surface area contributed by atoms with E-state index in [0.29, 0.717) is 0 Å². The van der Waals surface area contributed by atoms with Crippen LogP contribution in [0, 0.1) is 0 Å². The van der Waals surface area contributed by atoms with Crippen LogP contribution < -0.4 is 0 Å². The first-order valence-electron chi connectivity index (χ1n) is 13.1. The van der Waals surface area contributed by atoms with E-state index in [4.69, 9.17) is 0 Å². The van der Waals surface area contributed by atoms with Crippen molar-refractivity contribution < 1.29 is 24.5 Å². The van der Waals surface area contributed by atoms with Crippen molar-refractivity contribution in [1.29, 1.82) is 0 Å². The van der Waals surface area contributed by atoms with Crippen molar-refractivity contribution in [3.63, 3.8) is 0 Å². The van der Waals surface area contributed by atoms with E-state index in [1.165, 1.54) is 142 Å². The Morgan fingerprint density at radius 2 is 0.667 bits per heavy atom. The Balaban J connectivity index is 3.28. The predicted molar refractivity (Wildman–Crippen MR) is 121 cm³/mol. The van der Waals surface area contributed by atoms with Crippen molar-refractivity contribution in [2.24, 2.45) is 0 Å². The molecule has 0 aromatic carbocycles. The molecule has 0 rings (SSSR count). The SMILES string of the molecule is CCCCCCCCCCCC[N](CCCCCCCCCCCC)[Cd][CH3]. The third-order valence-corrected chi connectivity index (χ3v) is 10.5. The minimum absolute atomic E-state index is 0.563. The van der Waals surface area contributed by atoms with Gasteiger partial charge >= 0.3 is 173 Å². The second-order valence-corrected chi connectivity index (χ2v) is 13.2. The zero-order chi connectivity index (χ0) is 19.8. The molecule has 0 spiro atoms. The number of rotatable bonds is 23. The second-order valence-electron chi connectivity index (χ2n) is 8.80. The van der Waals surface area contributed by atoms with Gasteiger partial charge in [-0.05, 0) is 0 Å². The van der Waals surface area contributed by atoms with Crippen molar-refractivity contribution in [1.82, 2.24) is 2.71 Å². The standard InChI is InChI=1S/C24H50N.CH3.Cd/c1-3-5-7-9-11-13-15-17-19-21-23-25-24-22-20-18-16-14-12-10-8-6-4-2;;/h3-24H2,1-2H3;1H3;/q-1;;+1. The Bertz CT molecular complexity index is 233. The number of hydrogen-bond donors (Lipinski definition) is 0. The maximum atomic E-state index is 2.90. The third-order valence-electron chi connectivity index (χ3n) is 6.10. The van der Waals surface area contributed by atoms with Gasteiger partial charge in [0, 0.05) is 0 Å². The van der Waals surface area contributed by atoms with Gasteiger partial charge in [0.1, 0.15) is 0 Å². The summed E-state index contributed by atoms with van der Waals surface area (Å²) >= 11 is -0.563. The van der Waals surface area contributed by atoms with Crippen LogP contribution in [0.5, 0.6) is 0 Å². The van der Waals surface area contributed by atoms with Gasteiger partial charge in [-0.1, -0.05) is 13.8 Å². The van der Waals surface area contributed by atoms with Gasteiger partial charge in [0.25, 0.3) is 0 Å². The molecule has 0 atom stereocenters. The molecule has 0 aromatic heterocycles. The number of hydrogen-bond acceptors (Lipinski definition) is 1. The van der Waals surface area contributed by atoms with Crippen LogP contribution in [0.2, 0.25) is 4.48 Å². The van der Waals surface area contributed by atoms with E-state index in [-0.39, 0.29) is 0 Å². The Morgan fingerprint density at radius 3 is 0.926 bits per heavy atom. The van der Waals surface area contributed by atoms with Crippen LogP contribution >= 0.6 is 0 Å². The molecule has 0 amide bonds. The van der Waals surface area contributed by atoms with E-state index < -0.39 is 24.5 Å². The van der Waals surface area contributed by atoms with E-state index in [0.717, 1.165) is 0 Å². The summed E-state index contributed by atoms with van der Waals surface area (Å²) in [5.74, 6) is 0. The zero-order valence-electron chi connectivity index (χ0n) is 19.7. The average molecular weight is 480 g/mol. The summed E-state index contributed by atoms with van der Waals surface area (Å²) in [7, 11) is 0. The molecule has 160 valence electrons. The summed E-state index contributed by atoms with van der Waals surface area (Å²) in [5, 5.41) is 0. The van der Waals surface area contributed by atoms with Crippen molar-refractivity contribution in [2.75, 3.05) is 13.1 Å². The maximum absolute atomic E-state index is 2.90. The summed E-state index contributed by atoms with van der Waals surface area (Å²) < 4.78 is 5.45. The second kappa shape index (κ2) is 24.9. The Morgan fingerprint density at radius 1 is 0.407 bits per heavy atom. The van der Waals surface area contributed by atoms with E-state index in [9.17, 15) is 0 Å². The third kappa shape index (κ3) is 23.0. The fourth-order valence-corrected chi connectivity index (χ4v) is 7.16. The molecule has 0 unspecified atom stereocenters. The normalized spacial score (nSPS) is 11.3. The molecule has 0 saturated carbocycles. The van der Waals surface area contributed by atoms with E-state index in [2.05, 4.69) is 21.0 Å². The predicted octanol–water partition coefficient (Wildman–Crippen LogP) is 9.18. The monoisotopic (exact) mass is 481 g/mol. The molecule has 1 nitrogen and oxygen atoms in total. The van der Waals surface area contributed by atoms with Gasteiger partial charge in [0.05, 0.1) is 0 Å². The zero-order valence-corrected chi connectivity index (χ0v) is 23.7. The average Bonchev–Trinajstić information content (AvgIpc) is 2.69. The first-order chi connectivity index (χ1) is 13.3. The number of unbranched alkanes of at least 4 members (excludes halogenated alkanes) is 18. The molecule has 2 heteroatoms. The topological polar surface area (TPSA) is 3.24 Å². The van der Waals surface area contributed by atoms with Crippen molar-refractivity contribution in [3.8, 4) is 0 Å². The quantitative estimate of drug-likeness (QED) is 0.104. The molecular formula is C25H53CdN. The van der Waals surface area contributed by atoms with E-state index >= 15 is 0 Å². The molecule has 0 radical (unpaired) electrons. The van der Waals surface area contributed by atoms with Crippen LogP contribution in [0.25, 0.3) is 0 Å². The van der Waals surface area contributed by atoms with E-state index in [1.807, 2.05) is 0 Å². The number of nitrogens with zero attached hydrogens (tertiary/aromatic N) is 1. The Kier molecular flexibility index (Phi) is 25.7. The molecule has 0 N–H and O–H groups in total. The summed E-state index contributed by atoms with van der Waals surface area (Å²) in [6.07, 6.45) is 29.3. The van der Waals surface area contributed by atoms with Crippen molar-refractivity contribution in [2.45, 2.75) is 147 Å². The van der Waals surface area contributed by atoms with Crippen molar-refractivity contribution in [3.05, 3.63) is 0 Å². The van der Waals surface area contributed by atoms with Crippen LogP contribution in [-0.2, 0) is 24.5 Å². The van der Waals surface area contributed by atoms with Gasteiger partial charge in [-0.2, -0.15) is 0 Å². The first-order valence-corrected chi connectivity index (χ1v) is 18.9. The molecular weight excluding hydrogens is 427 g/mol.